The highest BCUT2D eigenvalue weighted by Crippen LogP contribution is 2.12. The van der Waals surface area contributed by atoms with Crippen molar-refractivity contribution < 1.29 is 5.11 Å². The number of pyridine rings is 1. The summed E-state index contributed by atoms with van der Waals surface area (Å²) in [5.74, 6) is 0.963. The molecule has 2 N–H and O–H groups in total. The molecule has 0 bridgehead atoms. The highest BCUT2D eigenvalue weighted by atomic mass is 16.3. The van der Waals surface area contributed by atoms with Gasteiger partial charge in [-0.15, -0.1) is 0 Å². The molecule has 0 aliphatic rings. The van der Waals surface area contributed by atoms with Gasteiger partial charge in [0.15, 0.2) is 0 Å². The van der Waals surface area contributed by atoms with Crippen molar-refractivity contribution >= 4 is 11.5 Å². The van der Waals surface area contributed by atoms with E-state index >= 15 is 0 Å². The van der Waals surface area contributed by atoms with Gasteiger partial charge in [-0.2, -0.15) is 0 Å². The topological polar surface area (TPSA) is 49.6 Å². The van der Waals surface area contributed by atoms with E-state index in [1.54, 1.807) is 0 Å². The maximum absolute atomic E-state index is 8.91. The van der Waals surface area contributed by atoms with Crippen LogP contribution < -0.4 is 5.32 Å². The Morgan fingerprint density at radius 3 is 3.08 bits per heavy atom. The van der Waals surface area contributed by atoms with E-state index in [0.717, 1.165) is 11.5 Å². The molecule has 2 aromatic rings. The first-order valence-corrected chi connectivity index (χ1v) is 4.11. The fourth-order valence-corrected chi connectivity index (χ4v) is 1.34. The molecule has 0 atom stereocenters. The third kappa shape index (κ3) is 1.25. The molecule has 0 amide bonds. The Bertz CT molecular complexity index is 422. The molecule has 0 saturated carbocycles. The number of nitrogens with one attached hydrogen (secondary N) is 1. The van der Waals surface area contributed by atoms with Crippen molar-refractivity contribution in [1.82, 2.24) is 9.38 Å². The van der Waals surface area contributed by atoms with Crippen LogP contribution in [0.2, 0.25) is 0 Å². The van der Waals surface area contributed by atoms with E-state index in [-0.39, 0.29) is 6.61 Å². The lowest BCUT2D eigenvalue weighted by molar-refractivity contribution is 0.277. The maximum Gasteiger partial charge on any atom is 0.138 e. The molecule has 68 valence electrons. The largest absolute Gasteiger partial charge is 0.390 e. The summed E-state index contributed by atoms with van der Waals surface area (Å²) in [6.45, 7) is -0.0230. The highest BCUT2D eigenvalue weighted by molar-refractivity contribution is 5.50. The SMILES string of the molecule is CNc1cccc2nc(CO)cn12. The monoisotopic (exact) mass is 177 g/mol. The number of fused-ring (bicyclic) bond motifs is 1. The lowest BCUT2D eigenvalue weighted by atomic mass is 10.4. The summed E-state index contributed by atoms with van der Waals surface area (Å²) < 4.78 is 1.91. The second-order valence-electron chi connectivity index (χ2n) is 2.78. The van der Waals surface area contributed by atoms with Crippen molar-refractivity contribution in [2.24, 2.45) is 0 Å². The van der Waals surface area contributed by atoms with Crippen LogP contribution in [0.5, 0.6) is 0 Å². The summed E-state index contributed by atoms with van der Waals surface area (Å²) in [6, 6.07) is 5.78. The van der Waals surface area contributed by atoms with Crippen LogP contribution in [0.1, 0.15) is 5.69 Å². The normalized spacial score (nSPS) is 10.6. The first-order chi connectivity index (χ1) is 6.35. The molecular weight excluding hydrogens is 166 g/mol. The summed E-state index contributed by atoms with van der Waals surface area (Å²) in [4.78, 5) is 4.21. The average molecular weight is 177 g/mol. The van der Waals surface area contributed by atoms with Crippen molar-refractivity contribution in [2.45, 2.75) is 6.61 Å². The van der Waals surface area contributed by atoms with Crippen LogP contribution in [0, 0.1) is 0 Å². The van der Waals surface area contributed by atoms with E-state index in [4.69, 9.17) is 5.11 Å². The number of rotatable bonds is 2. The van der Waals surface area contributed by atoms with Crippen molar-refractivity contribution in [3.8, 4) is 0 Å². The molecule has 4 nitrogen and oxygen atoms in total. The van der Waals surface area contributed by atoms with Gasteiger partial charge in [0.05, 0.1) is 12.3 Å². The van der Waals surface area contributed by atoms with E-state index in [1.807, 2.05) is 35.8 Å². The second kappa shape index (κ2) is 3.06. The number of imidazole rings is 1. The van der Waals surface area contributed by atoms with Gasteiger partial charge in [0.1, 0.15) is 11.5 Å². The van der Waals surface area contributed by atoms with Crippen LogP contribution in [0.3, 0.4) is 0 Å². The summed E-state index contributed by atoms with van der Waals surface area (Å²) >= 11 is 0. The molecule has 0 spiro atoms. The Labute approximate surface area is 75.8 Å². The standard InChI is InChI=1S/C9H11N3O/c1-10-8-3-2-4-9-11-7(6-13)5-12(8)9/h2-5,10,13H,6H2,1H3. The van der Waals surface area contributed by atoms with Gasteiger partial charge >= 0.3 is 0 Å². The van der Waals surface area contributed by atoms with E-state index in [9.17, 15) is 0 Å². The summed E-state index contributed by atoms with van der Waals surface area (Å²) in [5, 5.41) is 12.0. The molecule has 0 saturated heterocycles. The van der Waals surface area contributed by atoms with Gasteiger partial charge in [0, 0.05) is 13.2 Å². The Morgan fingerprint density at radius 1 is 1.54 bits per heavy atom. The average Bonchev–Trinajstić information content (AvgIpc) is 2.59. The van der Waals surface area contributed by atoms with Gasteiger partial charge in [-0.3, -0.25) is 4.40 Å². The zero-order valence-corrected chi connectivity index (χ0v) is 7.36. The zero-order chi connectivity index (χ0) is 9.26. The molecule has 0 aliphatic heterocycles. The van der Waals surface area contributed by atoms with Gasteiger partial charge in [-0.1, -0.05) is 6.07 Å². The molecule has 2 aromatic heterocycles. The summed E-state index contributed by atoms with van der Waals surface area (Å²) in [5.41, 5.74) is 1.53. The van der Waals surface area contributed by atoms with Crippen LogP contribution in [0.15, 0.2) is 24.4 Å². The predicted octanol–water partition coefficient (Wildman–Crippen LogP) is 0.868. The summed E-state index contributed by atoms with van der Waals surface area (Å²) in [6.07, 6.45) is 1.82. The fourth-order valence-electron chi connectivity index (χ4n) is 1.34. The van der Waals surface area contributed by atoms with E-state index in [2.05, 4.69) is 10.3 Å². The number of hydrogen-bond acceptors (Lipinski definition) is 3. The molecule has 0 fully saturated rings. The zero-order valence-electron chi connectivity index (χ0n) is 7.36. The van der Waals surface area contributed by atoms with Gasteiger partial charge in [0.25, 0.3) is 0 Å². The molecule has 2 rings (SSSR count). The van der Waals surface area contributed by atoms with Crippen molar-refractivity contribution in [1.29, 1.82) is 0 Å². The summed E-state index contributed by atoms with van der Waals surface area (Å²) in [7, 11) is 1.85. The van der Waals surface area contributed by atoms with E-state index in [1.165, 1.54) is 0 Å². The third-order valence-electron chi connectivity index (χ3n) is 1.96. The molecule has 0 radical (unpaired) electrons. The molecule has 2 heterocycles. The van der Waals surface area contributed by atoms with Crippen molar-refractivity contribution in [3.05, 3.63) is 30.1 Å². The predicted molar refractivity (Wildman–Crippen MR) is 50.7 cm³/mol. The van der Waals surface area contributed by atoms with E-state index < -0.39 is 0 Å². The lowest BCUT2D eigenvalue weighted by Crippen LogP contribution is -1.95. The number of aliphatic hydroxyl groups excluding tert-OH is 1. The minimum atomic E-state index is -0.0230. The smallest absolute Gasteiger partial charge is 0.138 e. The Morgan fingerprint density at radius 2 is 2.38 bits per heavy atom. The molecule has 13 heavy (non-hydrogen) atoms. The first kappa shape index (κ1) is 8.07. The number of aromatic nitrogens is 2. The fraction of sp³-hybridized carbons (Fsp3) is 0.222. The van der Waals surface area contributed by atoms with Crippen LogP contribution in [0.25, 0.3) is 5.65 Å². The minimum Gasteiger partial charge on any atom is -0.390 e. The van der Waals surface area contributed by atoms with E-state index in [0.29, 0.717) is 5.69 Å². The Balaban J connectivity index is 2.67. The molecule has 0 aliphatic carbocycles. The minimum absolute atomic E-state index is 0.0230. The number of hydrogen-bond donors (Lipinski definition) is 2. The van der Waals surface area contributed by atoms with Gasteiger partial charge < -0.3 is 10.4 Å². The lowest BCUT2D eigenvalue weighted by Gasteiger charge is -2.02. The van der Waals surface area contributed by atoms with Gasteiger partial charge in [-0.05, 0) is 12.1 Å². The number of anilines is 1. The molecule has 4 heteroatoms. The quantitative estimate of drug-likeness (QED) is 0.715. The second-order valence-corrected chi connectivity index (χ2v) is 2.78. The van der Waals surface area contributed by atoms with Gasteiger partial charge in [-0.25, -0.2) is 4.98 Å². The Kier molecular flexibility index (Phi) is 1.90. The molecule has 0 aromatic carbocycles. The van der Waals surface area contributed by atoms with Gasteiger partial charge in [0.2, 0.25) is 0 Å². The number of aliphatic hydroxyl groups is 1. The molecular formula is C9H11N3O. The van der Waals surface area contributed by atoms with Crippen LogP contribution >= 0.6 is 0 Å². The van der Waals surface area contributed by atoms with Crippen molar-refractivity contribution in [2.75, 3.05) is 12.4 Å². The van der Waals surface area contributed by atoms with Crippen LogP contribution in [0.4, 0.5) is 5.82 Å². The highest BCUT2D eigenvalue weighted by Gasteiger charge is 2.01. The van der Waals surface area contributed by atoms with Crippen molar-refractivity contribution in [3.63, 3.8) is 0 Å². The van der Waals surface area contributed by atoms with Crippen LogP contribution in [-0.4, -0.2) is 21.5 Å². The van der Waals surface area contributed by atoms with Crippen LogP contribution in [-0.2, 0) is 6.61 Å². The Hall–Kier alpha value is -1.55. The number of nitrogens with zero attached hydrogens (tertiary/aromatic N) is 2. The maximum atomic E-state index is 8.91. The first-order valence-electron chi connectivity index (χ1n) is 4.11. The third-order valence-corrected chi connectivity index (χ3v) is 1.96. The molecule has 0 unspecified atom stereocenters.